The van der Waals surface area contributed by atoms with E-state index in [0.717, 1.165) is 11.4 Å². The van der Waals surface area contributed by atoms with Crippen LogP contribution >= 0.6 is 34.2 Å². The van der Waals surface area contributed by atoms with Gasteiger partial charge in [-0.1, -0.05) is 23.7 Å². The SMILES string of the molecule is Cc1nc(Cl)ccc1NC(C)c1ccc(I)cc1. The van der Waals surface area contributed by atoms with Crippen molar-refractivity contribution in [3.63, 3.8) is 0 Å². The Morgan fingerprint density at radius 2 is 1.83 bits per heavy atom. The summed E-state index contributed by atoms with van der Waals surface area (Å²) < 4.78 is 1.24. The van der Waals surface area contributed by atoms with Gasteiger partial charge >= 0.3 is 0 Å². The average Bonchev–Trinajstić information content (AvgIpc) is 2.33. The highest BCUT2D eigenvalue weighted by Gasteiger charge is 2.07. The zero-order valence-electron chi connectivity index (χ0n) is 10.2. The maximum atomic E-state index is 5.85. The molecule has 0 aliphatic rings. The van der Waals surface area contributed by atoms with Crippen LogP contribution < -0.4 is 5.32 Å². The predicted molar refractivity (Wildman–Crippen MR) is 85.2 cm³/mol. The summed E-state index contributed by atoms with van der Waals surface area (Å²) >= 11 is 8.16. The van der Waals surface area contributed by atoms with E-state index in [1.165, 1.54) is 9.13 Å². The molecule has 1 aromatic carbocycles. The summed E-state index contributed by atoms with van der Waals surface area (Å²) in [6, 6.07) is 12.5. The Bertz CT molecular complexity index is 540. The van der Waals surface area contributed by atoms with Gasteiger partial charge in [0.05, 0.1) is 11.4 Å². The van der Waals surface area contributed by atoms with Crippen molar-refractivity contribution in [2.24, 2.45) is 0 Å². The first kappa shape index (κ1) is 13.6. The summed E-state index contributed by atoms with van der Waals surface area (Å²) in [4.78, 5) is 4.24. The van der Waals surface area contributed by atoms with Crippen molar-refractivity contribution in [2.75, 3.05) is 5.32 Å². The molecule has 0 aliphatic carbocycles. The molecule has 0 spiro atoms. The summed E-state index contributed by atoms with van der Waals surface area (Å²) in [5, 5.41) is 3.98. The summed E-state index contributed by atoms with van der Waals surface area (Å²) in [7, 11) is 0. The first-order valence-corrected chi connectivity index (χ1v) is 7.17. The first-order chi connectivity index (χ1) is 8.56. The number of aromatic nitrogens is 1. The van der Waals surface area contributed by atoms with Crippen LogP contribution in [0.3, 0.4) is 0 Å². The molecular weight excluding hydrogens is 359 g/mol. The molecule has 0 bridgehead atoms. The van der Waals surface area contributed by atoms with E-state index in [-0.39, 0.29) is 6.04 Å². The third kappa shape index (κ3) is 3.36. The van der Waals surface area contributed by atoms with Crippen LogP contribution in [-0.2, 0) is 0 Å². The fraction of sp³-hybridized carbons (Fsp3) is 0.214. The van der Waals surface area contributed by atoms with E-state index in [2.05, 4.69) is 64.1 Å². The van der Waals surface area contributed by atoms with Crippen molar-refractivity contribution in [3.05, 3.63) is 56.4 Å². The quantitative estimate of drug-likeness (QED) is 0.617. The Kier molecular flexibility index (Phi) is 4.45. The molecule has 18 heavy (non-hydrogen) atoms. The number of nitrogens with one attached hydrogen (secondary N) is 1. The van der Waals surface area contributed by atoms with Crippen molar-refractivity contribution < 1.29 is 0 Å². The second-order valence-corrected chi connectivity index (χ2v) is 5.82. The van der Waals surface area contributed by atoms with E-state index in [4.69, 9.17) is 11.6 Å². The summed E-state index contributed by atoms with van der Waals surface area (Å²) in [6.45, 7) is 4.09. The lowest BCUT2D eigenvalue weighted by Gasteiger charge is -2.17. The van der Waals surface area contributed by atoms with Gasteiger partial charge in [-0.2, -0.15) is 0 Å². The Morgan fingerprint density at radius 1 is 1.17 bits per heavy atom. The molecule has 1 atom stereocenters. The topological polar surface area (TPSA) is 24.9 Å². The van der Waals surface area contributed by atoms with Crippen LogP contribution in [0.1, 0.15) is 24.2 Å². The van der Waals surface area contributed by atoms with Gasteiger partial charge in [0, 0.05) is 9.61 Å². The fourth-order valence-corrected chi connectivity index (χ4v) is 2.30. The third-order valence-corrected chi connectivity index (χ3v) is 3.72. The molecule has 2 rings (SSSR count). The minimum absolute atomic E-state index is 0.240. The number of pyridine rings is 1. The lowest BCUT2D eigenvalue weighted by molar-refractivity contribution is 0.879. The lowest BCUT2D eigenvalue weighted by atomic mass is 10.1. The maximum absolute atomic E-state index is 5.85. The highest BCUT2D eigenvalue weighted by atomic mass is 127. The van der Waals surface area contributed by atoms with Gasteiger partial charge in [0.25, 0.3) is 0 Å². The normalized spacial score (nSPS) is 12.2. The van der Waals surface area contributed by atoms with Crippen LogP contribution in [0.2, 0.25) is 5.15 Å². The molecule has 1 aromatic heterocycles. The predicted octanol–water partition coefficient (Wildman–Crippen LogP) is 4.82. The molecule has 1 unspecified atom stereocenters. The van der Waals surface area contributed by atoms with Crippen LogP contribution in [0.15, 0.2) is 36.4 Å². The van der Waals surface area contributed by atoms with Crippen LogP contribution in [0.4, 0.5) is 5.69 Å². The monoisotopic (exact) mass is 372 g/mol. The minimum Gasteiger partial charge on any atom is -0.377 e. The summed E-state index contributed by atoms with van der Waals surface area (Å²) in [5.74, 6) is 0. The number of hydrogen-bond donors (Lipinski definition) is 1. The number of aryl methyl sites for hydroxylation is 1. The Hall–Kier alpha value is -0.810. The summed E-state index contributed by atoms with van der Waals surface area (Å²) in [6.07, 6.45) is 0. The maximum Gasteiger partial charge on any atom is 0.129 e. The lowest BCUT2D eigenvalue weighted by Crippen LogP contribution is -2.08. The number of benzene rings is 1. The standard InChI is InChI=1S/C14H14ClIN2/c1-9(11-3-5-12(16)6-4-11)17-13-7-8-14(15)18-10(13)2/h3-9,17H,1-2H3. The van der Waals surface area contributed by atoms with E-state index in [0.29, 0.717) is 5.15 Å². The molecule has 1 N–H and O–H groups in total. The Morgan fingerprint density at radius 3 is 2.44 bits per heavy atom. The van der Waals surface area contributed by atoms with Gasteiger partial charge in [-0.25, -0.2) is 4.98 Å². The van der Waals surface area contributed by atoms with Gasteiger partial charge in [-0.05, 0) is 66.3 Å². The van der Waals surface area contributed by atoms with Crippen LogP contribution in [0.25, 0.3) is 0 Å². The first-order valence-electron chi connectivity index (χ1n) is 5.71. The summed E-state index contributed by atoms with van der Waals surface area (Å²) in [5.41, 5.74) is 3.19. The van der Waals surface area contributed by atoms with Crippen molar-refractivity contribution in [3.8, 4) is 0 Å². The highest BCUT2D eigenvalue weighted by Crippen LogP contribution is 2.23. The van der Waals surface area contributed by atoms with Gasteiger partial charge in [0.15, 0.2) is 0 Å². The molecule has 0 fully saturated rings. The molecule has 0 saturated heterocycles. The minimum atomic E-state index is 0.240. The number of nitrogens with zero attached hydrogens (tertiary/aromatic N) is 1. The van der Waals surface area contributed by atoms with E-state index in [9.17, 15) is 0 Å². The molecule has 2 nitrogen and oxygen atoms in total. The average molecular weight is 373 g/mol. The van der Waals surface area contributed by atoms with Crippen molar-refractivity contribution in [1.29, 1.82) is 0 Å². The molecule has 2 aromatic rings. The number of hydrogen-bond acceptors (Lipinski definition) is 2. The molecule has 0 radical (unpaired) electrons. The molecule has 1 heterocycles. The number of halogens is 2. The van der Waals surface area contributed by atoms with E-state index in [1.807, 2.05) is 13.0 Å². The third-order valence-electron chi connectivity index (χ3n) is 2.79. The largest absolute Gasteiger partial charge is 0.377 e. The van der Waals surface area contributed by atoms with Gasteiger partial charge in [0.2, 0.25) is 0 Å². The van der Waals surface area contributed by atoms with Gasteiger partial charge < -0.3 is 5.32 Å². The van der Waals surface area contributed by atoms with E-state index >= 15 is 0 Å². The zero-order valence-corrected chi connectivity index (χ0v) is 13.2. The Labute approximate surface area is 126 Å². The van der Waals surface area contributed by atoms with Crippen LogP contribution in [0, 0.1) is 10.5 Å². The second-order valence-electron chi connectivity index (χ2n) is 4.18. The van der Waals surface area contributed by atoms with Gasteiger partial charge in [-0.3, -0.25) is 0 Å². The number of anilines is 1. The highest BCUT2D eigenvalue weighted by molar-refractivity contribution is 14.1. The second kappa shape index (κ2) is 5.89. The van der Waals surface area contributed by atoms with Gasteiger partial charge in [-0.15, -0.1) is 0 Å². The Balaban J connectivity index is 2.15. The smallest absolute Gasteiger partial charge is 0.129 e. The molecule has 0 amide bonds. The van der Waals surface area contributed by atoms with Crippen LogP contribution in [0.5, 0.6) is 0 Å². The molecule has 4 heteroatoms. The number of rotatable bonds is 3. The van der Waals surface area contributed by atoms with E-state index < -0.39 is 0 Å². The molecule has 0 aliphatic heterocycles. The van der Waals surface area contributed by atoms with Gasteiger partial charge in [0.1, 0.15) is 5.15 Å². The van der Waals surface area contributed by atoms with Crippen molar-refractivity contribution in [2.45, 2.75) is 19.9 Å². The van der Waals surface area contributed by atoms with Crippen LogP contribution in [-0.4, -0.2) is 4.98 Å². The van der Waals surface area contributed by atoms with Crippen molar-refractivity contribution in [1.82, 2.24) is 4.98 Å². The zero-order chi connectivity index (χ0) is 13.1. The van der Waals surface area contributed by atoms with Crippen molar-refractivity contribution >= 4 is 39.9 Å². The van der Waals surface area contributed by atoms with E-state index in [1.54, 1.807) is 6.07 Å². The molecule has 94 valence electrons. The molecule has 0 saturated carbocycles. The molecular formula is C14H14ClIN2. The fourth-order valence-electron chi connectivity index (χ4n) is 1.75.